The number of aromatic nitrogens is 4. The Bertz CT molecular complexity index is 1050. The van der Waals surface area contributed by atoms with Crippen LogP contribution in [0.25, 0.3) is 10.6 Å². The van der Waals surface area contributed by atoms with E-state index in [0.717, 1.165) is 53.6 Å². The van der Waals surface area contributed by atoms with E-state index < -0.39 is 0 Å². The minimum atomic E-state index is -0.384. The summed E-state index contributed by atoms with van der Waals surface area (Å²) in [6.45, 7) is 3.39. The highest BCUT2D eigenvalue weighted by atomic mass is 32.1. The maximum absolute atomic E-state index is 12.4. The molecule has 1 aliphatic carbocycles. The molecule has 2 fully saturated rings. The van der Waals surface area contributed by atoms with Gasteiger partial charge in [-0.1, -0.05) is 17.4 Å². The number of carbonyl (C=O) groups is 1. The van der Waals surface area contributed by atoms with E-state index in [1.165, 1.54) is 0 Å². The highest BCUT2D eigenvalue weighted by Crippen LogP contribution is 2.40. The Morgan fingerprint density at radius 1 is 1.19 bits per heavy atom. The average Bonchev–Trinajstić information content (AvgIpc) is 3.38. The van der Waals surface area contributed by atoms with Crippen LogP contribution in [-0.4, -0.2) is 44.9 Å². The number of pyridine rings is 2. The molecule has 0 aromatic carbocycles. The molecule has 2 aliphatic rings. The molecule has 31 heavy (non-hydrogen) atoms. The zero-order chi connectivity index (χ0) is 21.3. The molecule has 0 radical (unpaired) electrons. The fourth-order valence-corrected chi connectivity index (χ4v) is 4.95. The van der Waals surface area contributed by atoms with Crippen LogP contribution in [0.3, 0.4) is 0 Å². The molecule has 0 bridgehead atoms. The summed E-state index contributed by atoms with van der Waals surface area (Å²) in [5.74, 6) is 2.05. The van der Waals surface area contributed by atoms with E-state index in [0.29, 0.717) is 18.3 Å². The number of carbonyl (C=O) groups excluding carboxylic acids is 1. The van der Waals surface area contributed by atoms with Crippen LogP contribution in [0, 0.1) is 12.8 Å². The second kappa shape index (κ2) is 8.22. The van der Waals surface area contributed by atoms with Crippen molar-refractivity contribution >= 4 is 29.1 Å². The first-order valence-electron chi connectivity index (χ1n) is 10.5. The first-order valence-corrected chi connectivity index (χ1v) is 11.3. The van der Waals surface area contributed by atoms with Crippen LogP contribution in [0.1, 0.15) is 30.7 Å². The summed E-state index contributed by atoms with van der Waals surface area (Å²) in [7, 11) is 0. The monoisotopic (exact) mass is 436 g/mol. The minimum absolute atomic E-state index is 0.287. The normalized spacial score (nSPS) is 23.2. The van der Waals surface area contributed by atoms with E-state index in [9.17, 15) is 4.79 Å². The van der Waals surface area contributed by atoms with E-state index in [-0.39, 0.29) is 11.7 Å². The van der Waals surface area contributed by atoms with Gasteiger partial charge in [-0.15, -0.1) is 10.2 Å². The van der Waals surface area contributed by atoms with Crippen LogP contribution in [0.4, 0.5) is 16.4 Å². The number of anilines is 2. The molecule has 5 rings (SSSR count). The fourth-order valence-electron chi connectivity index (χ4n) is 4.27. The molecule has 0 atom stereocenters. The van der Waals surface area contributed by atoms with Crippen molar-refractivity contribution in [2.45, 2.75) is 38.2 Å². The lowest BCUT2D eigenvalue weighted by molar-refractivity contribution is 0.0148. The molecule has 3 aromatic heterocycles. The summed E-state index contributed by atoms with van der Waals surface area (Å²) >= 11 is 1.56. The van der Waals surface area contributed by atoms with E-state index in [1.54, 1.807) is 22.4 Å². The largest absolute Gasteiger partial charge is 0.441 e. The summed E-state index contributed by atoms with van der Waals surface area (Å²) in [5.41, 5.74) is 0.599. The lowest BCUT2D eigenvalue weighted by Gasteiger charge is -2.35. The molecule has 1 saturated carbocycles. The lowest BCUT2D eigenvalue weighted by atomic mass is 9.78. The second-order valence-electron chi connectivity index (χ2n) is 8.21. The van der Waals surface area contributed by atoms with E-state index in [4.69, 9.17) is 4.74 Å². The first kappa shape index (κ1) is 19.9. The lowest BCUT2D eigenvalue weighted by Crippen LogP contribution is -2.39. The summed E-state index contributed by atoms with van der Waals surface area (Å²) in [4.78, 5) is 22.9. The third-order valence-corrected chi connectivity index (χ3v) is 6.91. The van der Waals surface area contributed by atoms with Crippen LogP contribution < -0.4 is 10.2 Å². The maximum Gasteiger partial charge on any atom is 0.416 e. The Balaban J connectivity index is 1.13. The topological polar surface area (TPSA) is 93.1 Å². The van der Waals surface area contributed by atoms with E-state index in [1.807, 2.05) is 43.5 Å². The minimum Gasteiger partial charge on any atom is -0.441 e. The van der Waals surface area contributed by atoms with Gasteiger partial charge in [-0.3, -0.25) is 4.90 Å². The number of nitrogens with one attached hydrogen (secondary N) is 1. The number of hydrogen-bond donors (Lipinski definition) is 1. The smallest absolute Gasteiger partial charge is 0.416 e. The molecule has 1 amide bonds. The van der Waals surface area contributed by atoms with E-state index in [2.05, 4.69) is 25.5 Å². The van der Waals surface area contributed by atoms with Crippen molar-refractivity contribution in [3.05, 3.63) is 47.7 Å². The molecular weight excluding hydrogens is 412 g/mol. The second-order valence-corrected chi connectivity index (χ2v) is 9.39. The number of rotatable bonds is 5. The molecule has 9 heteroatoms. The average molecular weight is 437 g/mol. The van der Waals surface area contributed by atoms with E-state index >= 15 is 0 Å². The van der Waals surface area contributed by atoms with Gasteiger partial charge in [-0.25, -0.2) is 14.8 Å². The van der Waals surface area contributed by atoms with Gasteiger partial charge in [0, 0.05) is 24.5 Å². The first-order chi connectivity index (χ1) is 15.1. The summed E-state index contributed by atoms with van der Waals surface area (Å²) < 4.78 is 5.83. The Labute approximate surface area is 184 Å². The van der Waals surface area contributed by atoms with Crippen molar-refractivity contribution in [2.75, 3.05) is 23.3 Å². The van der Waals surface area contributed by atoms with Crippen molar-refractivity contribution in [3.8, 4) is 10.6 Å². The number of amides is 1. The van der Waals surface area contributed by atoms with Crippen LogP contribution in [-0.2, 0) is 4.74 Å². The summed E-state index contributed by atoms with van der Waals surface area (Å²) in [6.07, 6.45) is 7.02. The Kier molecular flexibility index (Phi) is 5.27. The molecule has 160 valence electrons. The van der Waals surface area contributed by atoms with Crippen molar-refractivity contribution in [1.82, 2.24) is 20.2 Å². The molecule has 0 unspecified atom stereocenters. The van der Waals surface area contributed by atoms with Gasteiger partial charge in [0.2, 0.25) is 0 Å². The van der Waals surface area contributed by atoms with Crippen molar-refractivity contribution in [1.29, 1.82) is 0 Å². The zero-order valence-corrected chi connectivity index (χ0v) is 18.1. The number of aryl methyl sites for hydroxylation is 1. The standard InChI is InChI=1S/C22H24N6O2S/c1-15-26-27-20(31-15)17-5-6-18(25-13-17)24-12-16-7-9-22(10-8-16)14-28(21(29)30-22)19-4-2-3-11-23-19/h2-6,11,13,16H,7-10,12,14H2,1H3,(H,24,25)/t16-,22-. The van der Waals surface area contributed by atoms with Crippen molar-refractivity contribution < 1.29 is 9.53 Å². The van der Waals surface area contributed by atoms with Crippen LogP contribution in [0.15, 0.2) is 42.7 Å². The fraction of sp³-hybridized carbons (Fsp3) is 0.409. The van der Waals surface area contributed by atoms with Crippen molar-refractivity contribution in [2.24, 2.45) is 5.92 Å². The highest BCUT2D eigenvalue weighted by molar-refractivity contribution is 7.14. The van der Waals surface area contributed by atoms with Gasteiger partial charge in [0.15, 0.2) is 0 Å². The summed E-state index contributed by atoms with van der Waals surface area (Å²) in [6, 6.07) is 9.59. The maximum atomic E-state index is 12.4. The van der Waals surface area contributed by atoms with Crippen LogP contribution in [0.5, 0.6) is 0 Å². The Hall–Kier alpha value is -3.07. The van der Waals surface area contributed by atoms with Crippen molar-refractivity contribution in [3.63, 3.8) is 0 Å². The number of nitrogens with zero attached hydrogens (tertiary/aromatic N) is 5. The summed E-state index contributed by atoms with van der Waals surface area (Å²) in [5, 5.41) is 13.5. The van der Waals surface area contributed by atoms with Gasteiger partial charge in [0.25, 0.3) is 0 Å². The molecular formula is C22H24N6O2S. The molecule has 1 spiro atoms. The third-order valence-electron chi connectivity index (χ3n) is 6.02. The molecule has 3 aromatic rings. The number of ether oxygens (including phenoxy) is 1. The third kappa shape index (κ3) is 4.23. The predicted octanol–water partition coefficient (Wildman–Crippen LogP) is 4.30. The van der Waals surface area contributed by atoms with Crippen LogP contribution in [0.2, 0.25) is 0 Å². The predicted molar refractivity (Wildman–Crippen MR) is 119 cm³/mol. The molecule has 8 nitrogen and oxygen atoms in total. The SMILES string of the molecule is Cc1nnc(-c2ccc(NC[C@H]3CC[C@]4(CC3)CN(c3ccccn3)C(=O)O4)nc2)s1. The Morgan fingerprint density at radius 2 is 2.06 bits per heavy atom. The molecule has 1 saturated heterocycles. The van der Waals surface area contributed by atoms with Gasteiger partial charge in [-0.05, 0) is 62.8 Å². The molecule has 4 heterocycles. The quantitative estimate of drug-likeness (QED) is 0.637. The zero-order valence-electron chi connectivity index (χ0n) is 17.3. The van der Waals surface area contributed by atoms with Gasteiger partial charge in [0.05, 0.1) is 6.54 Å². The van der Waals surface area contributed by atoms with Gasteiger partial charge >= 0.3 is 6.09 Å². The van der Waals surface area contributed by atoms with Gasteiger partial charge < -0.3 is 10.1 Å². The van der Waals surface area contributed by atoms with Crippen LogP contribution >= 0.6 is 11.3 Å². The van der Waals surface area contributed by atoms with Gasteiger partial charge in [-0.2, -0.15) is 0 Å². The number of hydrogen-bond acceptors (Lipinski definition) is 8. The van der Waals surface area contributed by atoms with Gasteiger partial charge in [0.1, 0.15) is 27.3 Å². The molecule has 1 N–H and O–H groups in total. The molecule has 1 aliphatic heterocycles. The highest BCUT2D eigenvalue weighted by Gasteiger charge is 2.47. The Morgan fingerprint density at radius 3 is 2.74 bits per heavy atom.